The smallest absolute Gasteiger partial charge is 0.275 e. The Morgan fingerprint density at radius 3 is 2.29 bits per heavy atom. The van der Waals surface area contributed by atoms with Gasteiger partial charge in [0.1, 0.15) is 11.5 Å². The van der Waals surface area contributed by atoms with Crippen LogP contribution in [0.2, 0.25) is 0 Å². The standard InChI is InChI=1S/C17H13N5O2/c23-16(22-15-3-1-2-8-20-15)12-4-6-13(7-5-12)21-17(24)14-11-18-9-10-19-14/h1-11H,(H,21,24)(H,20,22,23). The molecule has 1 aromatic carbocycles. The lowest BCUT2D eigenvalue weighted by Crippen LogP contribution is -2.15. The maximum absolute atomic E-state index is 12.1. The van der Waals surface area contributed by atoms with Gasteiger partial charge in [-0.3, -0.25) is 14.6 Å². The van der Waals surface area contributed by atoms with Crippen LogP contribution in [0.4, 0.5) is 11.5 Å². The number of benzene rings is 1. The van der Waals surface area contributed by atoms with Gasteiger partial charge in [0.05, 0.1) is 6.20 Å². The molecule has 0 saturated carbocycles. The highest BCUT2D eigenvalue weighted by molar-refractivity contribution is 6.05. The maximum atomic E-state index is 12.1. The van der Waals surface area contributed by atoms with Crippen molar-refractivity contribution in [3.8, 4) is 0 Å². The van der Waals surface area contributed by atoms with Crippen molar-refractivity contribution in [1.29, 1.82) is 0 Å². The molecule has 24 heavy (non-hydrogen) atoms. The van der Waals surface area contributed by atoms with E-state index in [0.29, 0.717) is 17.1 Å². The maximum Gasteiger partial charge on any atom is 0.275 e. The van der Waals surface area contributed by atoms with Crippen molar-refractivity contribution in [1.82, 2.24) is 15.0 Å². The Hall–Kier alpha value is -3.61. The van der Waals surface area contributed by atoms with Crippen molar-refractivity contribution in [2.45, 2.75) is 0 Å². The van der Waals surface area contributed by atoms with Crippen LogP contribution >= 0.6 is 0 Å². The molecule has 0 bridgehead atoms. The van der Waals surface area contributed by atoms with Gasteiger partial charge in [0.25, 0.3) is 11.8 Å². The van der Waals surface area contributed by atoms with E-state index in [4.69, 9.17) is 0 Å². The second-order valence-electron chi connectivity index (χ2n) is 4.79. The molecule has 2 aromatic heterocycles. The third kappa shape index (κ3) is 3.77. The Bertz CT molecular complexity index is 836. The van der Waals surface area contributed by atoms with Crippen molar-refractivity contribution < 1.29 is 9.59 Å². The number of amides is 2. The molecule has 0 saturated heterocycles. The topological polar surface area (TPSA) is 96.9 Å². The molecule has 0 aliphatic rings. The molecule has 3 rings (SSSR count). The number of aromatic nitrogens is 3. The van der Waals surface area contributed by atoms with E-state index in [1.807, 2.05) is 0 Å². The third-order valence-corrected chi connectivity index (χ3v) is 3.11. The van der Waals surface area contributed by atoms with Gasteiger partial charge in [-0.15, -0.1) is 0 Å². The van der Waals surface area contributed by atoms with E-state index >= 15 is 0 Å². The Kier molecular flexibility index (Phi) is 4.52. The van der Waals surface area contributed by atoms with Crippen LogP contribution in [-0.2, 0) is 0 Å². The van der Waals surface area contributed by atoms with Crippen molar-refractivity contribution in [2.24, 2.45) is 0 Å². The van der Waals surface area contributed by atoms with Gasteiger partial charge in [0.15, 0.2) is 0 Å². The summed E-state index contributed by atoms with van der Waals surface area (Å²) < 4.78 is 0. The first-order valence-corrected chi connectivity index (χ1v) is 7.12. The minimum Gasteiger partial charge on any atom is -0.321 e. The molecule has 7 nitrogen and oxygen atoms in total. The van der Waals surface area contributed by atoms with E-state index in [1.54, 1.807) is 48.7 Å². The summed E-state index contributed by atoms with van der Waals surface area (Å²) in [7, 11) is 0. The van der Waals surface area contributed by atoms with E-state index in [9.17, 15) is 9.59 Å². The number of nitrogens with one attached hydrogen (secondary N) is 2. The average Bonchev–Trinajstić information content (AvgIpc) is 2.64. The highest BCUT2D eigenvalue weighted by atomic mass is 16.2. The summed E-state index contributed by atoms with van der Waals surface area (Å²) in [5.41, 5.74) is 1.23. The minimum atomic E-state index is -0.367. The Morgan fingerprint density at radius 1 is 0.792 bits per heavy atom. The van der Waals surface area contributed by atoms with Gasteiger partial charge in [-0.2, -0.15) is 0 Å². The SMILES string of the molecule is O=C(Nc1ccccn1)c1ccc(NC(=O)c2cnccn2)cc1. The lowest BCUT2D eigenvalue weighted by Gasteiger charge is -2.07. The first-order chi connectivity index (χ1) is 11.7. The van der Waals surface area contributed by atoms with Crippen LogP contribution in [0.25, 0.3) is 0 Å². The first-order valence-electron chi connectivity index (χ1n) is 7.12. The third-order valence-electron chi connectivity index (χ3n) is 3.11. The summed E-state index contributed by atoms with van der Waals surface area (Å²) in [5.74, 6) is -0.170. The molecule has 3 aromatic rings. The molecule has 2 amide bonds. The largest absolute Gasteiger partial charge is 0.321 e. The normalized spacial score (nSPS) is 10.0. The summed E-state index contributed by atoms with van der Waals surface area (Å²) in [6, 6.07) is 11.8. The highest BCUT2D eigenvalue weighted by Crippen LogP contribution is 2.12. The number of anilines is 2. The van der Waals surface area contributed by atoms with Crippen LogP contribution in [0.1, 0.15) is 20.8 Å². The lowest BCUT2D eigenvalue weighted by molar-refractivity contribution is 0.101. The lowest BCUT2D eigenvalue weighted by atomic mass is 10.2. The zero-order valence-corrected chi connectivity index (χ0v) is 12.5. The number of carbonyl (C=O) groups excluding carboxylic acids is 2. The van der Waals surface area contributed by atoms with Gasteiger partial charge in [0.2, 0.25) is 0 Å². The zero-order valence-electron chi connectivity index (χ0n) is 12.5. The Labute approximate surface area is 137 Å². The number of carbonyl (C=O) groups is 2. The van der Waals surface area contributed by atoms with Crippen molar-refractivity contribution in [2.75, 3.05) is 10.6 Å². The van der Waals surface area contributed by atoms with Gasteiger partial charge in [-0.1, -0.05) is 6.07 Å². The molecule has 0 aliphatic carbocycles. The number of pyridine rings is 1. The fourth-order valence-corrected chi connectivity index (χ4v) is 1.94. The van der Waals surface area contributed by atoms with E-state index < -0.39 is 0 Å². The molecule has 0 atom stereocenters. The van der Waals surface area contributed by atoms with Crippen LogP contribution in [0.15, 0.2) is 67.3 Å². The molecule has 0 aliphatic heterocycles. The summed E-state index contributed by atoms with van der Waals surface area (Å²) >= 11 is 0. The monoisotopic (exact) mass is 319 g/mol. The molecular formula is C17H13N5O2. The number of hydrogen-bond acceptors (Lipinski definition) is 5. The van der Waals surface area contributed by atoms with Gasteiger partial charge in [-0.05, 0) is 36.4 Å². The molecule has 2 N–H and O–H groups in total. The summed E-state index contributed by atoms with van der Waals surface area (Å²) in [6.45, 7) is 0. The van der Waals surface area contributed by atoms with Crippen LogP contribution < -0.4 is 10.6 Å². The van der Waals surface area contributed by atoms with E-state index in [2.05, 4.69) is 25.6 Å². The van der Waals surface area contributed by atoms with E-state index in [-0.39, 0.29) is 17.5 Å². The second-order valence-corrected chi connectivity index (χ2v) is 4.79. The predicted molar refractivity (Wildman–Crippen MR) is 88.6 cm³/mol. The molecular weight excluding hydrogens is 306 g/mol. The van der Waals surface area contributed by atoms with Crippen LogP contribution in [0, 0.1) is 0 Å². The van der Waals surface area contributed by atoms with Gasteiger partial charge < -0.3 is 10.6 Å². The molecule has 0 radical (unpaired) electrons. The highest BCUT2D eigenvalue weighted by Gasteiger charge is 2.09. The summed E-state index contributed by atoms with van der Waals surface area (Å²) in [5, 5.41) is 5.38. The first kappa shape index (κ1) is 15.3. The van der Waals surface area contributed by atoms with Crippen LogP contribution in [0.5, 0.6) is 0 Å². The Morgan fingerprint density at radius 2 is 1.62 bits per heavy atom. The number of rotatable bonds is 4. The van der Waals surface area contributed by atoms with E-state index in [0.717, 1.165) is 0 Å². The van der Waals surface area contributed by atoms with Gasteiger partial charge in [-0.25, -0.2) is 9.97 Å². The molecule has 118 valence electrons. The minimum absolute atomic E-state index is 0.217. The average molecular weight is 319 g/mol. The quantitative estimate of drug-likeness (QED) is 0.769. The molecule has 0 spiro atoms. The molecule has 2 heterocycles. The van der Waals surface area contributed by atoms with Crippen LogP contribution in [-0.4, -0.2) is 26.8 Å². The van der Waals surface area contributed by atoms with E-state index in [1.165, 1.54) is 18.6 Å². The fourth-order valence-electron chi connectivity index (χ4n) is 1.94. The van der Waals surface area contributed by atoms with Crippen molar-refractivity contribution in [3.05, 3.63) is 78.5 Å². The van der Waals surface area contributed by atoms with Crippen molar-refractivity contribution >= 4 is 23.3 Å². The summed E-state index contributed by atoms with van der Waals surface area (Å²) in [6.07, 6.45) is 5.91. The van der Waals surface area contributed by atoms with Gasteiger partial charge in [0, 0.05) is 29.8 Å². The molecule has 0 fully saturated rings. The van der Waals surface area contributed by atoms with Crippen molar-refractivity contribution in [3.63, 3.8) is 0 Å². The molecule has 0 unspecified atom stereocenters. The second kappa shape index (κ2) is 7.10. The molecule has 7 heteroatoms. The zero-order chi connectivity index (χ0) is 16.8. The van der Waals surface area contributed by atoms with Crippen LogP contribution in [0.3, 0.4) is 0 Å². The summed E-state index contributed by atoms with van der Waals surface area (Å²) in [4.78, 5) is 35.9. The fraction of sp³-hybridized carbons (Fsp3) is 0. The predicted octanol–water partition coefficient (Wildman–Crippen LogP) is 2.38. The Balaban J connectivity index is 1.65. The number of nitrogens with zero attached hydrogens (tertiary/aromatic N) is 3. The number of hydrogen-bond donors (Lipinski definition) is 2. The van der Waals surface area contributed by atoms with Gasteiger partial charge >= 0.3 is 0 Å².